The second-order valence-electron chi connectivity index (χ2n) is 7.98. The Labute approximate surface area is 163 Å². The maximum atomic E-state index is 12.5. The van der Waals surface area contributed by atoms with Crippen LogP contribution in [0.25, 0.3) is 10.2 Å². The van der Waals surface area contributed by atoms with E-state index in [-0.39, 0.29) is 11.5 Å². The van der Waals surface area contributed by atoms with Crippen LogP contribution in [0.3, 0.4) is 0 Å². The number of aromatic nitrogens is 2. The van der Waals surface area contributed by atoms with Gasteiger partial charge in [0.25, 0.3) is 5.56 Å². The Kier molecular flexibility index (Phi) is 5.32. The highest BCUT2D eigenvalue weighted by Gasteiger charge is 2.26. The van der Waals surface area contributed by atoms with Gasteiger partial charge in [-0.25, -0.2) is 4.98 Å². The van der Waals surface area contributed by atoms with Crippen LogP contribution in [0.15, 0.2) is 4.79 Å². The van der Waals surface area contributed by atoms with E-state index < -0.39 is 0 Å². The Hall–Kier alpha value is -1.73. The minimum Gasteiger partial charge on any atom is -0.343 e. The van der Waals surface area contributed by atoms with Crippen molar-refractivity contribution in [3.63, 3.8) is 0 Å². The number of hydrogen-bond donors (Lipinski definition) is 2. The van der Waals surface area contributed by atoms with E-state index in [2.05, 4.69) is 15.3 Å². The van der Waals surface area contributed by atoms with Crippen LogP contribution in [0.1, 0.15) is 48.4 Å². The zero-order chi connectivity index (χ0) is 19.0. The third-order valence-corrected chi connectivity index (χ3v) is 7.00. The van der Waals surface area contributed by atoms with Crippen molar-refractivity contribution in [1.29, 1.82) is 0 Å². The molecule has 27 heavy (non-hydrogen) atoms. The maximum Gasteiger partial charge on any atom is 0.259 e. The molecule has 6 nitrogen and oxygen atoms in total. The molecule has 0 spiro atoms. The predicted molar refractivity (Wildman–Crippen MR) is 108 cm³/mol. The van der Waals surface area contributed by atoms with Crippen LogP contribution in [-0.2, 0) is 11.2 Å². The largest absolute Gasteiger partial charge is 0.343 e. The van der Waals surface area contributed by atoms with Crippen LogP contribution in [0.4, 0.5) is 0 Å². The number of nitrogens with one attached hydrogen (secondary N) is 2. The normalized spacial score (nSPS) is 18.4. The molecule has 2 N–H and O–H groups in total. The van der Waals surface area contributed by atoms with E-state index in [0.717, 1.165) is 53.7 Å². The third kappa shape index (κ3) is 4.24. The Morgan fingerprint density at radius 2 is 2.00 bits per heavy atom. The molecule has 2 fully saturated rings. The zero-order valence-corrected chi connectivity index (χ0v) is 17.0. The van der Waals surface area contributed by atoms with Crippen LogP contribution < -0.4 is 10.9 Å². The Morgan fingerprint density at radius 1 is 1.26 bits per heavy atom. The first kappa shape index (κ1) is 18.6. The van der Waals surface area contributed by atoms with Crippen molar-refractivity contribution in [3.8, 4) is 0 Å². The monoisotopic (exact) mass is 388 g/mol. The molecule has 2 aliphatic rings. The van der Waals surface area contributed by atoms with Crippen LogP contribution in [-0.4, -0.2) is 46.5 Å². The zero-order valence-electron chi connectivity index (χ0n) is 16.1. The fourth-order valence-electron chi connectivity index (χ4n) is 3.79. The Bertz CT molecular complexity index is 891. The van der Waals surface area contributed by atoms with Gasteiger partial charge in [-0.1, -0.05) is 0 Å². The van der Waals surface area contributed by atoms with Crippen molar-refractivity contribution in [1.82, 2.24) is 20.2 Å². The van der Waals surface area contributed by atoms with Crippen molar-refractivity contribution < 1.29 is 4.79 Å². The number of nitrogens with zero attached hydrogens (tertiary/aromatic N) is 2. The van der Waals surface area contributed by atoms with Crippen molar-refractivity contribution in [3.05, 3.63) is 26.6 Å². The number of thiophene rings is 1. The standard InChI is InChI=1S/C20H28N4O2S/c1-12-13(2)27-20-18(12)19(26)22-16(23-20)5-6-17(25)24-9-7-15(8-10-24)21-11-14-3-4-14/h14-15,21H,3-11H2,1-2H3,(H,22,23,26). The molecule has 0 radical (unpaired) electrons. The number of carbonyl (C=O) groups is 1. The van der Waals surface area contributed by atoms with E-state index >= 15 is 0 Å². The summed E-state index contributed by atoms with van der Waals surface area (Å²) < 4.78 is 0. The molecule has 7 heteroatoms. The van der Waals surface area contributed by atoms with Crippen LogP contribution in [0.5, 0.6) is 0 Å². The highest BCUT2D eigenvalue weighted by Crippen LogP contribution is 2.28. The van der Waals surface area contributed by atoms with Gasteiger partial charge in [0.2, 0.25) is 5.91 Å². The SMILES string of the molecule is Cc1sc2nc(CCC(=O)N3CCC(NCC4CC4)CC3)[nH]c(=O)c2c1C. The average Bonchev–Trinajstić information content (AvgIpc) is 3.44. The summed E-state index contributed by atoms with van der Waals surface area (Å²) in [5.74, 6) is 1.67. The Morgan fingerprint density at radius 3 is 2.70 bits per heavy atom. The molecule has 0 aromatic carbocycles. The molecule has 1 aliphatic carbocycles. The van der Waals surface area contributed by atoms with Crippen molar-refractivity contribution in [2.75, 3.05) is 19.6 Å². The highest BCUT2D eigenvalue weighted by atomic mass is 32.1. The quantitative estimate of drug-likeness (QED) is 0.797. The minimum atomic E-state index is -0.0909. The molecule has 1 saturated heterocycles. The molecule has 146 valence electrons. The van der Waals surface area contributed by atoms with Gasteiger partial charge in [-0.05, 0) is 57.6 Å². The fourth-order valence-corrected chi connectivity index (χ4v) is 4.84. The Balaban J connectivity index is 1.30. The second kappa shape index (κ2) is 7.72. The molecule has 0 bridgehead atoms. The summed E-state index contributed by atoms with van der Waals surface area (Å²) in [4.78, 5) is 36.2. The molecule has 4 rings (SSSR count). The lowest BCUT2D eigenvalue weighted by molar-refractivity contribution is -0.132. The van der Waals surface area contributed by atoms with Gasteiger partial charge in [-0.2, -0.15) is 0 Å². The molecule has 0 unspecified atom stereocenters. The van der Waals surface area contributed by atoms with Crippen molar-refractivity contribution >= 4 is 27.5 Å². The number of piperidine rings is 1. The van der Waals surface area contributed by atoms with Gasteiger partial charge in [-0.3, -0.25) is 9.59 Å². The molecular weight excluding hydrogens is 360 g/mol. The van der Waals surface area contributed by atoms with E-state index in [9.17, 15) is 9.59 Å². The summed E-state index contributed by atoms with van der Waals surface area (Å²) in [6.45, 7) is 6.76. The van der Waals surface area contributed by atoms with E-state index in [1.807, 2.05) is 18.7 Å². The maximum absolute atomic E-state index is 12.5. The lowest BCUT2D eigenvalue weighted by Gasteiger charge is -2.32. The number of hydrogen-bond acceptors (Lipinski definition) is 5. The minimum absolute atomic E-state index is 0.0909. The van der Waals surface area contributed by atoms with Gasteiger partial charge in [0.15, 0.2) is 0 Å². The summed E-state index contributed by atoms with van der Waals surface area (Å²) >= 11 is 1.55. The topological polar surface area (TPSA) is 78.1 Å². The number of likely N-dealkylation sites (tertiary alicyclic amines) is 1. The van der Waals surface area contributed by atoms with Gasteiger partial charge in [-0.15, -0.1) is 11.3 Å². The first-order chi connectivity index (χ1) is 13.0. The summed E-state index contributed by atoms with van der Waals surface area (Å²) in [6, 6.07) is 0.556. The summed E-state index contributed by atoms with van der Waals surface area (Å²) in [7, 11) is 0. The van der Waals surface area contributed by atoms with E-state index in [4.69, 9.17) is 0 Å². The smallest absolute Gasteiger partial charge is 0.259 e. The first-order valence-corrected chi connectivity index (χ1v) is 10.8. The van der Waals surface area contributed by atoms with E-state index in [1.165, 1.54) is 12.8 Å². The number of aryl methyl sites for hydroxylation is 3. The number of aromatic amines is 1. The van der Waals surface area contributed by atoms with Crippen LogP contribution >= 0.6 is 11.3 Å². The summed E-state index contributed by atoms with van der Waals surface area (Å²) in [5.41, 5.74) is 0.913. The average molecular weight is 389 g/mol. The molecule has 1 amide bonds. The van der Waals surface area contributed by atoms with Gasteiger partial charge in [0, 0.05) is 36.9 Å². The molecular formula is C20H28N4O2S. The van der Waals surface area contributed by atoms with Gasteiger partial charge in [0.1, 0.15) is 10.7 Å². The molecule has 1 saturated carbocycles. The number of H-pyrrole nitrogens is 1. The van der Waals surface area contributed by atoms with Crippen LogP contribution in [0.2, 0.25) is 0 Å². The number of rotatable bonds is 6. The predicted octanol–water partition coefficient (Wildman–Crippen LogP) is 2.52. The second-order valence-corrected chi connectivity index (χ2v) is 9.19. The number of amides is 1. The van der Waals surface area contributed by atoms with Gasteiger partial charge in [0.05, 0.1) is 5.39 Å². The summed E-state index contributed by atoms with van der Waals surface area (Å²) in [6.07, 6.45) is 5.70. The van der Waals surface area contributed by atoms with Gasteiger partial charge >= 0.3 is 0 Å². The molecule has 0 atom stereocenters. The van der Waals surface area contributed by atoms with Crippen LogP contribution in [0, 0.1) is 19.8 Å². The first-order valence-electron chi connectivity index (χ1n) is 10.0. The van der Waals surface area contributed by atoms with E-state index in [1.54, 1.807) is 11.3 Å². The van der Waals surface area contributed by atoms with Crippen molar-refractivity contribution in [2.45, 2.75) is 58.4 Å². The molecule has 3 heterocycles. The fraction of sp³-hybridized carbons (Fsp3) is 0.650. The number of carbonyl (C=O) groups excluding carboxylic acids is 1. The van der Waals surface area contributed by atoms with E-state index in [0.29, 0.717) is 30.1 Å². The lowest BCUT2D eigenvalue weighted by atomic mass is 10.0. The number of fused-ring (bicyclic) bond motifs is 1. The molecule has 1 aliphatic heterocycles. The highest BCUT2D eigenvalue weighted by molar-refractivity contribution is 7.18. The molecule has 2 aromatic rings. The lowest BCUT2D eigenvalue weighted by Crippen LogP contribution is -2.45. The third-order valence-electron chi connectivity index (χ3n) is 5.90. The molecule has 2 aromatic heterocycles. The summed E-state index contributed by atoms with van der Waals surface area (Å²) in [5, 5.41) is 4.33. The van der Waals surface area contributed by atoms with Crippen molar-refractivity contribution in [2.24, 2.45) is 5.92 Å². The van der Waals surface area contributed by atoms with Gasteiger partial charge < -0.3 is 15.2 Å².